The normalized spacial score (nSPS) is 9.94. The number of hydrogen-bond donors (Lipinski definition) is 0. The first-order valence-corrected chi connectivity index (χ1v) is 5.38. The number of carbonyl (C=O) groups excluding carboxylic acids is 2. The Kier molecular flexibility index (Phi) is 3.15. The minimum absolute atomic E-state index is 0.344. The predicted octanol–water partition coefficient (Wildman–Crippen LogP) is 3.04. The first-order chi connectivity index (χ1) is 8.22. The molecule has 84 valence electrons. The van der Waals surface area contributed by atoms with E-state index >= 15 is 0 Å². The summed E-state index contributed by atoms with van der Waals surface area (Å²) in [6, 6.07) is 15.3. The van der Waals surface area contributed by atoms with Crippen molar-refractivity contribution < 1.29 is 9.59 Å². The smallest absolute Gasteiger partial charge is 0.225 e. The molecule has 0 amide bonds. The van der Waals surface area contributed by atoms with E-state index in [1.54, 1.807) is 12.1 Å². The molecule has 2 aromatic rings. The highest BCUT2D eigenvalue weighted by Gasteiger charge is 2.07. The van der Waals surface area contributed by atoms with Crippen LogP contribution in [0.1, 0.15) is 15.9 Å². The summed E-state index contributed by atoms with van der Waals surface area (Å²) in [5.74, 6) is -0.479. The van der Waals surface area contributed by atoms with Gasteiger partial charge in [0.05, 0.1) is 0 Å². The molecule has 0 fully saturated rings. The van der Waals surface area contributed by atoms with E-state index in [1.807, 2.05) is 43.3 Å². The SMILES string of the molecule is Cc1cc(C(=O)C=O)ccc1-c1ccccc1. The Labute approximate surface area is 99.9 Å². The highest BCUT2D eigenvalue weighted by molar-refractivity contribution is 6.33. The molecule has 0 aliphatic carbocycles. The van der Waals surface area contributed by atoms with Gasteiger partial charge in [0.15, 0.2) is 6.29 Å². The minimum atomic E-state index is -0.479. The third-order valence-electron chi connectivity index (χ3n) is 2.70. The second kappa shape index (κ2) is 4.74. The largest absolute Gasteiger partial charge is 0.294 e. The van der Waals surface area contributed by atoms with Crippen LogP contribution in [0.2, 0.25) is 0 Å². The van der Waals surface area contributed by atoms with Crippen molar-refractivity contribution in [1.82, 2.24) is 0 Å². The summed E-state index contributed by atoms with van der Waals surface area (Å²) in [5, 5.41) is 0. The summed E-state index contributed by atoms with van der Waals surface area (Å²) in [7, 11) is 0. The predicted molar refractivity (Wildman–Crippen MR) is 67.0 cm³/mol. The lowest BCUT2D eigenvalue weighted by atomic mass is 9.97. The van der Waals surface area contributed by atoms with Crippen LogP contribution in [-0.2, 0) is 4.79 Å². The van der Waals surface area contributed by atoms with Gasteiger partial charge in [-0.3, -0.25) is 9.59 Å². The molecule has 0 aliphatic rings. The first kappa shape index (κ1) is 11.3. The minimum Gasteiger partial charge on any atom is -0.294 e. The maximum Gasteiger partial charge on any atom is 0.225 e. The van der Waals surface area contributed by atoms with Crippen molar-refractivity contribution >= 4 is 12.1 Å². The molecule has 0 unspecified atom stereocenters. The van der Waals surface area contributed by atoms with E-state index in [0.717, 1.165) is 16.7 Å². The van der Waals surface area contributed by atoms with E-state index in [9.17, 15) is 9.59 Å². The number of carbonyl (C=O) groups is 2. The zero-order valence-corrected chi connectivity index (χ0v) is 9.51. The Balaban J connectivity index is 2.46. The molecule has 0 heterocycles. The Hall–Kier alpha value is -2.22. The van der Waals surface area contributed by atoms with Crippen molar-refractivity contribution in [2.45, 2.75) is 6.92 Å². The highest BCUT2D eigenvalue weighted by atomic mass is 16.2. The van der Waals surface area contributed by atoms with Gasteiger partial charge in [-0.15, -0.1) is 0 Å². The van der Waals surface area contributed by atoms with Crippen LogP contribution in [0.3, 0.4) is 0 Å². The van der Waals surface area contributed by atoms with Gasteiger partial charge in [0, 0.05) is 5.56 Å². The number of aldehydes is 1. The standard InChI is InChI=1S/C15H12O2/c1-11-9-13(15(17)10-16)7-8-14(11)12-5-3-2-4-6-12/h2-10H,1H3. The molecule has 0 saturated heterocycles. The quantitative estimate of drug-likeness (QED) is 0.456. The number of benzene rings is 2. The second-order valence-electron chi connectivity index (χ2n) is 3.88. The molecule has 0 aliphatic heterocycles. The van der Waals surface area contributed by atoms with Gasteiger partial charge in [0.2, 0.25) is 5.78 Å². The van der Waals surface area contributed by atoms with Gasteiger partial charge < -0.3 is 0 Å². The molecule has 17 heavy (non-hydrogen) atoms. The number of aryl methyl sites for hydroxylation is 1. The van der Waals surface area contributed by atoms with Crippen molar-refractivity contribution in [3.05, 3.63) is 59.7 Å². The number of rotatable bonds is 3. The fourth-order valence-electron chi connectivity index (χ4n) is 1.83. The van der Waals surface area contributed by atoms with E-state index in [4.69, 9.17) is 0 Å². The zero-order valence-electron chi connectivity index (χ0n) is 9.51. The maximum absolute atomic E-state index is 11.2. The van der Waals surface area contributed by atoms with Gasteiger partial charge in [0.1, 0.15) is 0 Å². The Morgan fingerprint density at radius 1 is 1.06 bits per heavy atom. The molecule has 2 aromatic carbocycles. The van der Waals surface area contributed by atoms with E-state index in [1.165, 1.54) is 0 Å². The van der Waals surface area contributed by atoms with Crippen LogP contribution in [-0.4, -0.2) is 12.1 Å². The fraction of sp³-hybridized carbons (Fsp3) is 0.0667. The molecule has 0 bridgehead atoms. The topological polar surface area (TPSA) is 34.1 Å². The van der Waals surface area contributed by atoms with Crippen LogP contribution in [0.5, 0.6) is 0 Å². The van der Waals surface area contributed by atoms with Gasteiger partial charge in [-0.25, -0.2) is 0 Å². The second-order valence-corrected chi connectivity index (χ2v) is 3.88. The van der Waals surface area contributed by atoms with Crippen molar-refractivity contribution in [2.75, 3.05) is 0 Å². The lowest BCUT2D eigenvalue weighted by Crippen LogP contribution is -2.00. The van der Waals surface area contributed by atoms with Crippen LogP contribution >= 0.6 is 0 Å². The van der Waals surface area contributed by atoms with Crippen LogP contribution in [0.15, 0.2) is 48.5 Å². The zero-order chi connectivity index (χ0) is 12.3. The van der Waals surface area contributed by atoms with Crippen molar-refractivity contribution in [3.63, 3.8) is 0 Å². The molecule has 0 N–H and O–H groups in total. The number of Topliss-reactive ketones (excluding diaryl/α,β-unsaturated/α-hetero) is 1. The van der Waals surface area contributed by atoms with E-state index in [2.05, 4.69) is 0 Å². The summed E-state index contributed by atoms with van der Waals surface area (Å²) in [5.41, 5.74) is 3.62. The third-order valence-corrected chi connectivity index (χ3v) is 2.70. The summed E-state index contributed by atoms with van der Waals surface area (Å²) in [6.07, 6.45) is 0.344. The average Bonchev–Trinajstić information content (AvgIpc) is 2.38. The van der Waals surface area contributed by atoms with Crippen LogP contribution < -0.4 is 0 Å². The number of ketones is 1. The molecule has 0 atom stereocenters. The lowest BCUT2D eigenvalue weighted by Gasteiger charge is -2.06. The van der Waals surface area contributed by atoms with Crippen molar-refractivity contribution in [2.24, 2.45) is 0 Å². The Morgan fingerprint density at radius 3 is 2.35 bits per heavy atom. The summed E-state index contributed by atoms with van der Waals surface area (Å²) >= 11 is 0. The molecular weight excluding hydrogens is 212 g/mol. The molecule has 0 aromatic heterocycles. The van der Waals surface area contributed by atoms with Crippen LogP contribution in [0, 0.1) is 6.92 Å². The summed E-state index contributed by atoms with van der Waals surface area (Å²) < 4.78 is 0. The van der Waals surface area contributed by atoms with Crippen molar-refractivity contribution in [3.8, 4) is 11.1 Å². The van der Waals surface area contributed by atoms with Crippen LogP contribution in [0.25, 0.3) is 11.1 Å². The third kappa shape index (κ3) is 2.31. The van der Waals surface area contributed by atoms with Gasteiger partial charge in [-0.2, -0.15) is 0 Å². The van der Waals surface area contributed by atoms with Gasteiger partial charge >= 0.3 is 0 Å². The van der Waals surface area contributed by atoms with Crippen molar-refractivity contribution in [1.29, 1.82) is 0 Å². The van der Waals surface area contributed by atoms with Crippen LogP contribution in [0.4, 0.5) is 0 Å². The summed E-state index contributed by atoms with van der Waals surface area (Å²) in [6.45, 7) is 1.93. The molecule has 0 spiro atoms. The Morgan fingerprint density at radius 2 is 1.76 bits per heavy atom. The fourth-order valence-corrected chi connectivity index (χ4v) is 1.83. The maximum atomic E-state index is 11.2. The number of hydrogen-bond acceptors (Lipinski definition) is 2. The van der Waals surface area contributed by atoms with Gasteiger partial charge in [0.25, 0.3) is 0 Å². The van der Waals surface area contributed by atoms with Gasteiger partial charge in [-0.1, -0.05) is 42.5 Å². The molecule has 0 radical (unpaired) electrons. The molecule has 0 saturated carbocycles. The van der Waals surface area contributed by atoms with Gasteiger partial charge in [-0.05, 0) is 29.7 Å². The molecular formula is C15H12O2. The molecule has 2 heteroatoms. The monoisotopic (exact) mass is 224 g/mol. The highest BCUT2D eigenvalue weighted by Crippen LogP contribution is 2.23. The average molecular weight is 224 g/mol. The van der Waals surface area contributed by atoms with E-state index < -0.39 is 5.78 Å². The van der Waals surface area contributed by atoms with E-state index in [-0.39, 0.29) is 0 Å². The summed E-state index contributed by atoms with van der Waals surface area (Å²) in [4.78, 5) is 21.7. The van der Waals surface area contributed by atoms with E-state index in [0.29, 0.717) is 11.8 Å². The molecule has 2 rings (SSSR count). The lowest BCUT2D eigenvalue weighted by molar-refractivity contribution is -0.104. The molecule has 2 nitrogen and oxygen atoms in total. The first-order valence-electron chi connectivity index (χ1n) is 5.38. The Bertz CT molecular complexity index is 556.